The molecule has 0 aliphatic carbocycles. The van der Waals surface area contributed by atoms with E-state index >= 15 is 0 Å². The molecular formula is C14H21NO4. The number of hydrogen-bond donors (Lipinski definition) is 2. The lowest BCUT2D eigenvalue weighted by Gasteiger charge is -2.17. The van der Waals surface area contributed by atoms with Gasteiger partial charge in [0.25, 0.3) is 5.91 Å². The van der Waals surface area contributed by atoms with Crippen LogP contribution in [0.2, 0.25) is 0 Å². The standard InChI is InChI=1S/C14H21NO4/c1-9(2)10(16)8-15-14(17)13-11(18-3)6-5-7-12(13)19-4/h5-7,9-10,16H,8H2,1-4H3,(H,15,17). The van der Waals surface area contributed by atoms with Gasteiger partial charge in [0.05, 0.1) is 20.3 Å². The van der Waals surface area contributed by atoms with Crippen molar-refractivity contribution in [3.8, 4) is 11.5 Å². The summed E-state index contributed by atoms with van der Waals surface area (Å²) in [6.07, 6.45) is -0.579. The van der Waals surface area contributed by atoms with Crippen LogP contribution < -0.4 is 14.8 Å². The minimum atomic E-state index is -0.579. The molecule has 5 heteroatoms. The van der Waals surface area contributed by atoms with Crippen LogP contribution in [0.1, 0.15) is 24.2 Å². The number of carbonyl (C=O) groups excluding carboxylic acids is 1. The maximum absolute atomic E-state index is 12.1. The van der Waals surface area contributed by atoms with Crippen molar-refractivity contribution in [1.29, 1.82) is 0 Å². The molecule has 0 fully saturated rings. The van der Waals surface area contributed by atoms with E-state index in [0.717, 1.165) is 0 Å². The first-order chi connectivity index (χ1) is 9.01. The topological polar surface area (TPSA) is 67.8 Å². The SMILES string of the molecule is COc1cccc(OC)c1C(=O)NCC(O)C(C)C. The number of benzene rings is 1. The van der Waals surface area contributed by atoms with E-state index in [0.29, 0.717) is 17.1 Å². The summed E-state index contributed by atoms with van der Waals surface area (Å²) in [6.45, 7) is 3.97. The van der Waals surface area contributed by atoms with Crippen molar-refractivity contribution in [2.24, 2.45) is 5.92 Å². The number of rotatable bonds is 6. The molecule has 1 rings (SSSR count). The fraction of sp³-hybridized carbons (Fsp3) is 0.500. The highest BCUT2D eigenvalue weighted by Gasteiger charge is 2.19. The molecule has 0 aromatic heterocycles. The van der Waals surface area contributed by atoms with Crippen LogP contribution in [0.15, 0.2) is 18.2 Å². The Bertz CT molecular complexity index is 409. The molecule has 106 valence electrons. The molecular weight excluding hydrogens is 246 g/mol. The van der Waals surface area contributed by atoms with Crippen molar-refractivity contribution >= 4 is 5.91 Å². The Morgan fingerprint density at radius 1 is 1.26 bits per heavy atom. The van der Waals surface area contributed by atoms with Crippen LogP contribution in [0.3, 0.4) is 0 Å². The van der Waals surface area contributed by atoms with Gasteiger partial charge in [-0.3, -0.25) is 4.79 Å². The van der Waals surface area contributed by atoms with Crippen LogP contribution in [0.5, 0.6) is 11.5 Å². The van der Waals surface area contributed by atoms with E-state index in [2.05, 4.69) is 5.32 Å². The quantitative estimate of drug-likeness (QED) is 0.818. The van der Waals surface area contributed by atoms with Crippen LogP contribution >= 0.6 is 0 Å². The van der Waals surface area contributed by atoms with Gasteiger partial charge in [-0.1, -0.05) is 19.9 Å². The number of amides is 1. The fourth-order valence-corrected chi connectivity index (χ4v) is 1.60. The summed E-state index contributed by atoms with van der Waals surface area (Å²) in [5, 5.41) is 12.4. The average Bonchev–Trinajstić information content (AvgIpc) is 2.42. The highest BCUT2D eigenvalue weighted by atomic mass is 16.5. The molecule has 19 heavy (non-hydrogen) atoms. The number of nitrogens with one attached hydrogen (secondary N) is 1. The smallest absolute Gasteiger partial charge is 0.258 e. The first kappa shape index (κ1) is 15.3. The van der Waals surface area contributed by atoms with Gasteiger partial charge in [0.15, 0.2) is 0 Å². The first-order valence-electron chi connectivity index (χ1n) is 6.18. The molecule has 1 aromatic carbocycles. The van der Waals surface area contributed by atoms with Crippen molar-refractivity contribution in [3.63, 3.8) is 0 Å². The highest BCUT2D eigenvalue weighted by Crippen LogP contribution is 2.27. The molecule has 0 aliphatic rings. The van der Waals surface area contributed by atoms with Crippen molar-refractivity contribution in [3.05, 3.63) is 23.8 Å². The summed E-state index contributed by atoms with van der Waals surface area (Å²) in [7, 11) is 2.99. The summed E-state index contributed by atoms with van der Waals surface area (Å²) in [6, 6.07) is 5.13. The normalized spacial score (nSPS) is 12.1. The number of hydrogen-bond acceptors (Lipinski definition) is 4. The predicted octanol–water partition coefficient (Wildman–Crippen LogP) is 1.45. The van der Waals surface area contributed by atoms with Crippen LogP contribution in [-0.2, 0) is 0 Å². The van der Waals surface area contributed by atoms with E-state index in [-0.39, 0.29) is 18.4 Å². The van der Waals surface area contributed by atoms with Gasteiger partial charge in [0.1, 0.15) is 17.1 Å². The van der Waals surface area contributed by atoms with Gasteiger partial charge in [-0.05, 0) is 18.1 Å². The molecule has 1 atom stereocenters. The van der Waals surface area contributed by atoms with E-state index in [1.165, 1.54) is 14.2 Å². The van der Waals surface area contributed by atoms with E-state index in [1.54, 1.807) is 18.2 Å². The summed E-state index contributed by atoms with van der Waals surface area (Å²) in [4.78, 5) is 12.1. The second-order valence-electron chi connectivity index (χ2n) is 4.56. The molecule has 0 spiro atoms. The van der Waals surface area contributed by atoms with Gasteiger partial charge in [0, 0.05) is 6.54 Å². The maximum Gasteiger partial charge on any atom is 0.258 e. The van der Waals surface area contributed by atoms with Crippen molar-refractivity contribution in [1.82, 2.24) is 5.32 Å². The zero-order valence-electron chi connectivity index (χ0n) is 11.8. The average molecular weight is 267 g/mol. The van der Waals surface area contributed by atoms with Crippen LogP contribution in [0.25, 0.3) is 0 Å². The summed E-state index contributed by atoms with van der Waals surface area (Å²) >= 11 is 0. The van der Waals surface area contributed by atoms with E-state index < -0.39 is 6.10 Å². The molecule has 0 bridgehead atoms. The van der Waals surface area contributed by atoms with Crippen LogP contribution in [-0.4, -0.2) is 37.9 Å². The third-order valence-corrected chi connectivity index (χ3v) is 2.90. The molecule has 0 heterocycles. The second-order valence-corrected chi connectivity index (χ2v) is 4.56. The summed E-state index contributed by atoms with van der Waals surface area (Å²) in [5.74, 6) is 0.639. The third-order valence-electron chi connectivity index (χ3n) is 2.90. The van der Waals surface area contributed by atoms with Gasteiger partial charge < -0.3 is 19.9 Å². The molecule has 2 N–H and O–H groups in total. The Balaban J connectivity index is 2.86. The zero-order valence-corrected chi connectivity index (χ0v) is 11.8. The lowest BCUT2D eigenvalue weighted by molar-refractivity contribution is 0.0866. The monoisotopic (exact) mass is 267 g/mol. The Hall–Kier alpha value is -1.75. The van der Waals surface area contributed by atoms with E-state index in [4.69, 9.17) is 9.47 Å². The molecule has 0 saturated heterocycles. The first-order valence-corrected chi connectivity index (χ1v) is 6.18. The lowest BCUT2D eigenvalue weighted by atomic mass is 10.1. The van der Waals surface area contributed by atoms with Gasteiger partial charge >= 0.3 is 0 Å². The minimum Gasteiger partial charge on any atom is -0.496 e. The molecule has 1 aromatic rings. The number of ether oxygens (including phenoxy) is 2. The summed E-state index contributed by atoms with van der Waals surface area (Å²) < 4.78 is 10.3. The molecule has 1 unspecified atom stereocenters. The zero-order chi connectivity index (χ0) is 14.4. The predicted molar refractivity (Wildman–Crippen MR) is 72.7 cm³/mol. The lowest BCUT2D eigenvalue weighted by Crippen LogP contribution is -2.35. The Morgan fingerprint density at radius 2 is 1.79 bits per heavy atom. The van der Waals surface area contributed by atoms with Gasteiger partial charge in [-0.15, -0.1) is 0 Å². The Morgan fingerprint density at radius 3 is 2.21 bits per heavy atom. The molecule has 1 amide bonds. The highest BCUT2D eigenvalue weighted by molar-refractivity contribution is 5.99. The molecule has 5 nitrogen and oxygen atoms in total. The van der Waals surface area contributed by atoms with E-state index in [1.807, 2.05) is 13.8 Å². The van der Waals surface area contributed by atoms with Crippen LogP contribution in [0, 0.1) is 5.92 Å². The summed E-state index contributed by atoms with van der Waals surface area (Å²) in [5.41, 5.74) is 0.337. The Kier molecular flexibility index (Phi) is 5.63. The van der Waals surface area contributed by atoms with Crippen molar-refractivity contribution in [2.45, 2.75) is 20.0 Å². The Labute approximate surface area is 113 Å². The molecule has 0 radical (unpaired) electrons. The minimum absolute atomic E-state index is 0.0832. The third kappa shape index (κ3) is 3.86. The molecule has 0 aliphatic heterocycles. The van der Waals surface area contributed by atoms with Gasteiger partial charge in [-0.25, -0.2) is 0 Å². The number of methoxy groups -OCH3 is 2. The second kappa shape index (κ2) is 6.99. The number of aliphatic hydroxyl groups excluding tert-OH is 1. The van der Waals surface area contributed by atoms with E-state index in [9.17, 15) is 9.90 Å². The number of carbonyl (C=O) groups is 1. The number of aliphatic hydroxyl groups is 1. The van der Waals surface area contributed by atoms with Gasteiger partial charge in [0.2, 0.25) is 0 Å². The molecule has 0 saturated carbocycles. The van der Waals surface area contributed by atoms with Crippen molar-refractivity contribution < 1.29 is 19.4 Å². The fourth-order valence-electron chi connectivity index (χ4n) is 1.60. The maximum atomic E-state index is 12.1. The van der Waals surface area contributed by atoms with Crippen molar-refractivity contribution in [2.75, 3.05) is 20.8 Å². The van der Waals surface area contributed by atoms with Gasteiger partial charge in [-0.2, -0.15) is 0 Å². The van der Waals surface area contributed by atoms with Crippen LogP contribution in [0.4, 0.5) is 0 Å². The largest absolute Gasteiger partial charge is 0.496 e.